The van der Waals surface area contributed by atoms with Gasteiger partial charge in [0.2, 0.25) is 0 Å². The Hall–Kier alpha value is -1.42. The summed E-state index contributed by atoms with van der Waals surface area (Å²) in [7, 11) is 0. The number of aliphatic carboxylic acids is 1. The topological polar surface area (TPSA) is 74.6 Å². The first-order valence-corrected chi connectivity index (χ1v) is 13.6. The van der Waals surface area contributed by atoms with Crippen LogP contribution in [0.5, 0.6) is 0 Å². The van der Waals surface area contributed by atoms with Crippen LogP contribution in [0.4, 0.5) is 0 Å². The Labute approximate surface area is 206 Å². The zero-order chi connectivity index (χ0) is 25.1. The van der Waals surface area contributed by atoms with Crippen LogP contribution in [0.25, 0.3) is 0 Å². The van der Waals surface area contributed by atoms with E-state index in [1.807, 2.05) is 6.08 Å². The standard InChI is InChI=1S/C30H46O4/c1-19(26(33)34)8-7-9-20(18-31)21-12-16-30(6)23-10-11-24-27(2,3)25(32)14-15-28(24,4)22(23)13-17-29(21,30)5/h8,20-21,24,31H,7,9-18H2,1-6H3,(H,33,34). The quantitative estimate of drug-likeness (QED) is 0.334. The summed E-state index contributed by atoms with van der Waals surface area (Å²) >= 11 is 0. The lowest BCUT2D eigenvalue weighted by Gasteiger charge is -2.61. The van der Waals surface area contributed by atoms with Gasteiger partial charge in [-0.05, 0) is 98.7 Å². The molecule has 0 saturated heterocycles. The van der Waals surface area contributed by atoms with Crippen molar-refractivity contribution in [3.8, 4) is 0 Å². The number of fused-ring (bicyclic) bond motifs is 4. The number of hydrogen-bond donors (Lipinski definition) is 2. The normalized spacial score (nSPS) is 40.4. The van der Waals surface area contributed by atoms with Crippen molar-refractivity contribution < 1.29 is 19.8 Å². The van der Waals surface area contributed by atoms with E-state index < -0.39 is 5.97 Å². The van der Waals surface area contributed by atoms with E-state index in [4.69, 9.17) is 5.11 Å². The van der Waals surface area contributed by atoms with Crippen molar-refractivity contribution >= 4 is 11.8 Å². The second-order valence-corrected chi connectivity index (χ2v) is 13.2. The average molecular weight is 471 g/mol. The zero-order valence-electron chi connectivity index (χ0n) is 22.3. The van der Waals surface area contributed by atoms with Crippen LogP contribution in [0.15, 0.2) is 22.8 Å². The van der Waals surface area contributed by atoms with Gasteiger partial charge < -0.3 is 10.2 Å². The maximum atomic E-state index is 12.8. The van der Waals surface area contributed by atoms with Crippen molar-refractivity contribution in [3.63, 3.8) is 0 Å². The largest absolute Gasteiger partial charge is 0.478 e. The van der Waals surface area contributed by atoms with Gasteiger partial charge >= 0.3 is 5.97 Å². The fraction of sp³-hybridized carbons (Fsp3) is 0.800. The summed E-state index contributed by atoms with van der Waals surface area (Å²) in [6.45, 7) is 13.7. The predicted molar refractivity (Wildman–Crippen MR) is 135 cm³/mol. The molecule has 4 heteroatoms. The van der Waals surface area contributed by atoms with E-state index in [0.29, 0.717) is 36.0 Å². The molecule has 4 aliphatic rings. The molecule has 2 saturated carbocycles. The van der Waals surface area contributed by atoms with Crippen LogP contribution in [0.2, 0.25) is 0 Å². The van der Waals surface area contributed by atoms with Gasteiger partial charge in [-0.1, -0.05) is 51.8 Å². The van der Waals surface area contributed by atoms with E-state index in [9.17, 15) is 14.7 Å². The molecule has 4 aliphatic carbocycles. The second kappa shape index (κ2) is 8.61. The summed E-state index contributed by atoms with van der Waals surface area (Å²) in [6.07, 6.45) is 11.9. The minimum atomic E-state index is -0.857. The maximum Gasteiger partial charge on any atom is 0.330 e. The first kappa shape index (κ1) is 25.7. The Bertz CT molecular complexity index is 926. The maximum absolute atomic E-state index is 12.8. The molecule has 0 heterocycles. The minimum Gasteiger partial charge on any atom is -0.478 e. The summed E-state index contributed by atoms with van der Waals surface area (Å²) in [5.41, 5.74) is 4.01. The third kappa shape index (κ3) is 3.57. The van der Waals surface area contributed by atoms with Gasteiger partial charge in [0.15, 0.2) is 0 Å². The highest BCUT2D eigenvalue weighted by Gasteiger charge is 2.63. The van der Waals surface area contributed by atoms with E-state index in [1.165, 1.54) is 6.42 Å². The Balaban J connectivity index is 1.63. The number of ketones is 1. The molecule has 0 aliphatic heterocycles. The average Bonchev–Trinajstić information content (AvgIpc) is 3.05. The summed E-state index contributed by atoms with van der Waals surface area (Å²) in [5.74, 6) is 0.712. The molecule has 4 nitrogen and oxygen atoms in total. The first-order valence-electron chi connectivity index (χ1n) is 13.6. The number of rotatable bonds is 6. The number of aliphatic hydroxyl groups is 1. The van der Waals surface area contributed by atoms with E-state index in [2.05, 4.69) is 34.6 Å². The molecule has 190 valence electrons. The van der Waals surface area contributed by atoms with E-state index in [1.54, 1.807) is 18.1 Å². The van der Waals surface area contributed by atoms with Gasteiger partial charge in [0.1, 0.15) is 5.78 Å². The lowest BCUT2D eigenvalue weighted by molar-refractivity contribution is -0.139. The molecular weight excluding hydrogens is 424 g/mol. The van der Waals surface area contributed by atoms with Crippen LogP contribution in [0.1, 0.15) is 106 Å². The molecule has 0 aromatic heterocycles. The molecule has 0 aromatic carbocycles. The van der Waals surface area contributed by atoms with Gasteiger partial charge in [0, 0.05) is 24.0 Å². The molecule has 0 radical (unpaired) electrons. The third-order valence-corrected chi connectivity index (χ3v) is 11.7. The van der Waals surface area contributed by atoms with Crippen molar-refractivity contribution in [2.45, 2.75) is 106 Å². The van der Waals surface area contributed by atoms with Gasteiger partial charge in [-0.3, -0.25) is 4.79 Å². The van der Waals surface area contributed by atoms with Crippen molar-refractivity contribution in [1.82, 2.24) is 0 Å². The summed E-state index contributed by atoms with van der Waals surface area (Å²) < 4.78 is 0. The van der Waals surface area contributed by atoms with Crippen LogP contribution in [-0.4, -0.2) is 28.6 Å². The highest BCUT2D eigenvalue weighted by Crippen LogP contribution is 2.72. The predicted octanol–water partition coefficient (Wildman–Crippen LogP) is 6.72. The number of carboxylic acids is 1. The number of allylic oxidation sites excluding steroid dienone is 3. The molecule has 6 atom stereocenters. The Morgan fingerprint density at radius 3 is 2.38 bits per heavy atom. The summed E-state index contributed by atoms with van der Waals surface area (Å²) in [5, 5.41) is 19.5. The smallest absolute Gasteiger partial charge is 0.330 e. The van der Waals surface area contributed by atoms with Crippen molar-refractivity contribution in [2.24, 2.45) is 39.4 Å². The molecule has 0 amide bonds. The number of Topliss-reactive ketones (excluding diaryl/α,β-unsaturated/α-hetero) is 1. The first-order chi connectivity index (χ1) is 15.8. The molecule has 34 heavy (non-hydrogen) atoms. The Morgan fingerprint density at radius 2 is 1.74 bits per heavy atom. The highest BCUT2D eigenvalue weighted by atomic mass is 16.4. The number of carbonyl (C=O) groups is 2. The second-order valence-electron chi connectivity index (χ2n) is 13.2. The number of carboxylic acid groups (broad SMARTS) is 1. The van der Waals surface area contributed by atoms with Crippen molar-refractivity contribution in [1.29, 1.82) is 0 Å². The van der Waals surface area contributed by atoms with Gasteiger partial charge in [-0.15, -0.1) is 0 Å². The molecule has 2 fully saturated rings. The van der Waals surface area contributed by atoms with Crippen LogP contribution in [0.3, 0.4) is 0 Å². The molecule has 4 rings (SSSR count). The van der Waals surface area contributed by atoms with Gasteiger partial charge in [0.05, 0.1) is 0 Å². The minimum absolute atomic E-state index is 0.142. The monoisotopic (exact) mass is 470 g/mol. The lowest BCUT2D eigenvalue weighted by atomic mass is 9.43. The lowest BCUT2D eigenvalue weighted by Crippen LogP contribution is -2.54. The zero-order valence-corrected chi connectivity index (χ0v) is 22.3. The number of aliphatic hydroxyl groups excluding tert-OH is 1. The van der Waals surface area contributed by atoms with Crippen LogP contribution in [-0.2, 0) is 9.59 Å². The fourth-order valence-electron chi connectivity index (χ4n) is 9.31. The molecule has 0 spiro atoms. The fourth-order valence-corrected chi connectivity index (χ4v) is 9.31. The van der Waals surface area contributed by atoms with Crippen molar-refractivity contribution in [3.05, 3.63) is 22.8 Å². The van der Waals surface area contributed by atoms with E-state index >= 15 is 0 Å². The molecule has 0 bridgehead atoms. The Kier molecular flexibility index (Phi) is 6.50. The van der Waals surface area contributed by atoms with Crippen LogP contribution < -0.4 is 0 Å². The van der Waals surface area contributed by atoms with E-state index in [0.717, 1.165) is 44.9 Å². The highest BCUT2D eigenvalue weighted by molar-refractivity contribution is 5.86. The number of hydrogen-bond acceptors (Lipinski definition) is 3. The van der Waals surface area contributed by atoms with E-state index in [-0.39, 0.29) is 34.2 Å². The molecule has 2 N–H and O–H groups in total. The summed E-state index contributed by atoms with van der Waals surface area (Å²) in [6, 6.07) is 0. The molecule has 0 aromatic rings. The third-order valence-electron chi connectivity index (χ3n) is 11.7. The van der Waals surface area contributed by atoms with Crippen LogP contribution in [0, 0.1) is 39.4 Å². The van der Waals surface area contributed by atoms with Gasteiger partial charge in [-0.2, -0.15) is 0 Å². The molecule has 6 unspecified atom stereocenters. The van der Waals surface area contributed by atoms with Crippen molar-refractivity contribution in [2.75, 3.05) is 6.61 Å². The molecular formula is C30H46O4. The number of carbonyl (C=O) groups excluding carboxylic acids is 1. The van der Waals surface area contributed by atoms with Gasteiger partial charge in [0.25, 0.3) is 0 Å². The van der Waals surface area contributed by atoms with Gasteiger partial charge in [-0.25, -0.2) is 4.79 Å². The summed E-state index contributed by atoms with van der Waals surface area (Å²) in [4.78, 5) is 24.0. The SMILES string of the molecule is CC(=CCCC(CO)C1CCC2(C)C3=C(CCC12C)C1(C)CCC(=O)C(C)(C)C1CC3)C(=O)O. The Morgan fingerprint density at radius 1 is 1.03 bits per heavy atom. The van der Waals surface area contributed by atoms with Crippen LogP contribution >= 0.6 is 0 Å².